The summed E-state index contributed by atoms with van der Waals surface area (Å²) in [7, 11) is 0. The third kappa shape index (κ3) is 17.6. The van der Waals surface area contributed by atoms with Gasteiger partial charge in [-0.2, -0.15) is 0 Å². The molecule has 0 fully saturated rings. The van der Waals surface area contributed by atoms with Crippen LogP contribution < -0.4 is 0 Å². The summed E-state index contributed by atoms with van der Waals surface area (Å²) in [4.78, 5) is 9.37. The molecular weight excluding hydrogens is 223 g/mol. The molecule has 0 aliphatic heterocycles. The molecule has 4 heteroatoms. The van der Waals surface area contributed by atoms with Gasteiger partial charge in [0.1, 0.15) is 4.61 Å². The zero-order valence-corrected chi connectivity index (χ0v) is 6.16. The van der Waals surface area contributed by atoms with Crippen molar-refractivity contribution in [1.29, 1.82) is 0 Å². The van der Waals surface area contributed by atoms with Crippen molar-refractivity contribution in [3.05, 3.63) is 0 Å². The molecule has 0 aliphatic carbocycles. The van der Waals surface area contributed by atoms with Crippen molar-refractivity contribution in [3.8, 4) is 12.8 Å². The van der Waals surface area contributed by atoms with Crippen molar-refractivity contribution in [2.24, 2.45) is 0 Å². The molecule has 8 heavy (non-hydrogen) atoms. The van der Waals surface area contributed by atoms with Crippen LogP contribution in [0.3, 0.4) is 0 Å². The van der Waals surface area contributed by atoms with Gasteiger partial charge in [0.05, 0.1) is 0 Å². The van der Waals surface area contributed by atoms with Crippen LogP contribution in [0.15, 0.2) is 0 Å². The zero-order valence-electron chi connectivity index (χ0n) is 4.00. The molecule has 0 aromatic heterocycles. The van der Waals surface area contributed by atoms with E-state index in [-0.39, 0.29) is 4.61 Å². The average Bonchev–Trinajstić information content (AvgIpc) is 1.72. The molecular formula is C4H5IO3. The third-order valence-electron chi connectivity index (χ3n) is 0.178. The molecule has 1 N–H and O–H groups in total. The topological polar surface area (TPSA) is 46.5 Å². The first-order valence-corrected chi connectivity index (χ1v) is 3.05. The lowest BCUT2D eigenvalue weighted by molar-refractivity contribution is 0.111. The molecule has 0 amide bonds. The maximum atomic E-state index is 9.37. The highest BCUT2D eigenvalue weighted by atomic mass is 127. The Morgan fingerprint density at radius 2 is 2.12 bits per heavy atom. The second-order valence-corrected chi connectivity index (χ2v) is 1.14. The fourth-order valence-electron chi connectivity index (χ4n) is 0.0467. The summed E-state index contributed by atoms with van der Waals surface area (Å²) >= 11 is 1.80. The van der Waals surface area contributed by atoms with E-state index in [4.69, 9.17) is 5.11 Å². The van der Waals surface area contributed by atoms with Gasteiger partial charge in [-0.3, -0.25) is 0 Å². The molecule has 0 saturated heterocycles. The first-order chi connectivity index (χ1) is 3.77. The maximum absolute atomic E-state index is 9.37. The van der Waals surface area contributed by atoms with Crippen LogP contribution >= 0.6 is 22.6 Å². The number of terminal acetylenes is 1. The maximum Gasteiger partial charge on any atom is 0.506 e. The Morgan fingerprint density at radius 1 is 1.75 bits per heavy atom. The first-order valence-electron chi connectivity index (χ1n) is 1.52. The molecule has 0 saturated carbocycles. The minimum Gasteiger partial charge on any atom is -0.450 e. The predicted octanol–water partition coefficient (Wildman–Crippen LogP) is 1.32. The summed E-state index contributed by atoms with van der Waals surface area (Å²) in [5.74, 6) is 0. The minimum absolute atomic E-state index is 0.201. The molecule has 3 nitrogen and oxygen atoms in total. The van der Waals surface area contributed by atoms with Crippen LogP contribution in [0.4, 0.5) is 4.79 Å². The van der Waals surface area contributed by atoms with Crippen molar-refractivity contribution in [2.45, 2.75) is 0 Å². The van der Waals surface area contributed by atoms with Crippen molar-refractivity contribution in [2.75, 3.05) is 4.61 Å². The number of hydrogen-bond donors (Lipinski definition) is 1. The van der Waals surface area contributed by atoms with E-state index in [2.05, 4.69) is 17.6 Å². The summed E-state index contributed by atoms with van der Waals surface area (Å²) in [6.07, 6.45) is 6.78. The van der Waals surface area contributed by atoms with E-state index in [9.17, 15) is 4.79 Å². The van der Waals surface area contributed by atoms with Gasteiger partial charge in [-0.1, -0.05) is 0 Å². The van der Waals surface area contributed by atoms with Gasteiger partial charge < -0.3 is 9.84 Å². The van der Waals surface area contributed by atoms with Gasteiger partial charge in [0.25, 0.3) is 0 Å². The van der Waals surface area contributed by atoms with Gasteiger partial charge in [-0.15, -0.1) is 12.8 Å². The van der Waals surface area contributed by atoms with Crippen LogP contribution in [0.5, 0.6) is 0 Å². The lowest BCUT2D eigenvalue weighted by Crippen LogP contribution is -1.95. The Balaban J connectivity index is 0. The number of carbonyl (C=O) groups is 1. The highest BCUT2D eigenvalue weighted by Gasteiger charge is 1.87. The van der Waals surface area contributed by atoms with E-state index in [1.54, 1.807) is 22.6 Å². The number of rotatable bonds is 1. The second-order valence-electron chi connectivity index (χ2n) is 0.519. The Labute approximate surface area is 61.2 Å². The smallest absolute Gasteiger partial charge is 0.450 e. The van der Waals surface area contributed by atoms with Crippen LogP contribution in [0.2, 0.25) is 0 Å². The van der Waals surface area contributed by atoms with Crippen molar-refractivity contribution in [1.82, 2.24) is 0 Å². The fourth-order valence-corrected chi connectivity index (χ4v) is 0.313. The average molecular weight is 228 g/mol. The van der Waals surface area contributed by atoms with Gasteiger partial charge in [0.2, 0.25) is 0 Å². The van der Waals surface area contributed by atoms with E-state index >= 15 is 0 Å². The summed E-state index contributed by atoms with van der Waals surface area (Å²) < 4.78 is 4.15. The van der Waals surface area contributed by atoms with E-state index in [1.807, 2.05) is 0 Å². The number of alkyl halides is 1. The zero-order chi connectivity index (χ0) is 6.99. The fraction of sp³-hybridized carbons (Fsp3) is 0.250. The lowest BCUT2D eigenvalue weighted by Gasteiger charge is -1.85. The molecule has 0 bridgehead atoms. The van der Waals surface area contributed by atoms with E-state index < -0.39 is 6.16 Å². The number of halogens is 1. The summed E-state index contributed by atoms with van der Waals surface area (Å²) in [5.41, 5.74) is 0. The van der Waals surface area contributed by atoms with Crippen molar-refractivity contribution >= 4 is 28.7 Å². The van der Waals surface area contributed by atoms with E-state index in [0.29, 0.717) is 0 Å². The Bertz CT molecular complexity index is 78.6. The number of ether oxygens (including phenoxy) is 1. The van der Waals surface area contributed by atoms with Crippen LogP contribution in [0.1, 0.15) is 0 Å². The van der Waals surface area contributed by atoms with Gasteiger partial charge in [-0.05, 0) is 22.6 Å². The van der Waals surface area contributed by atoms with E-state index in [1.165, 1.54) is 0 Å². The summed E-state index contributed by atoms with van der Waals surface area (Å²) in [5, 5.41) is 7.69. The Morgan fingerprint density at radius 3 is 2.12 bits per heavy atom. The molecule has 0 spiro atoms. The van der Waals surface area contributed by atoms with Crippen LogP contribution in [-0.2, 0) is 4.74 Å². The summed E-state index contributed by atoms with van der Waals surface area (Å²) in [6, 6.07) is 0. The van der Waals surface area contributed by atoms with Gasteiger partial charge in [0.15, 0.2) is 0 Å². The van der Waals surface area contributed by atoms with Gasteiger partial charge in [0, 0.05) is 0 Å². The molecule has 0 radical (unpaired) electrons. The molecule has 0 unspecified atom stereocenters. The van der Waals surface area contributed by atoms with Crippen molar-refractivity contribution in [3.63, 3.8) is 0 Å². The third-order valence-corrected chi connectivity index (χ3v) is 0.489. The second kappa shape index (κ2) is 9.75. The summed E-state index contributed by atoms with van der Waals surface area (Å²) in [6.45, 7) is 0. The molecule has 0 aliphatic rings. The monoisotopic (exact) mass is 228 g/mol. The standard InChI is InChI=1S/C2H3IO3.C2H2/c3-1-6-2(4)5;1-2/h1H2,(H,4,5);1-2H. The van der Waals surface area contributed by atoms with Crippen molar-refractivity contribution < 1.29 is 14.6 Å². The number of carboxylic acid groups (broad SMARTS) is 1. The van der Waals surface area contributed by atoms with Crippen LogP contribution in [0, 0.1) is 12.8 Å². The number of hydrogen-bond acceptors (Lipinski definition) is 2. The quantitative estimate of drug-likeness (QED) is 0.318. The normalized spacial score (nSPS) is 5.88. The van der Waals surface area contributed by atoms with Gasteiger partial charge in [-0.25, -0.2) is 4.79 Å². The lowest BCUT2D eigenvalue weighted by atomic mass is 11.4. The Kier molecular flexibility index (Phi) is 12.8. The SMILES string of the molecule is C#C.O=C(O)OCI. The van der Waals surface area contributed by atoms with Gasteiger partial charge >= 0.3 is 6.16 Å². The molecule has 0 heterocycles. The largest absolute Gasteiger partial charge is 0.506 e. The molecule has 0 rings (SSSR count). The highest BCUT2D eigenvalue weighted by Crippen LogP contribution is 1.81. The Hall–Kier alpha value is -0.440. The van der Waals surface area contributed by atoms with E-state index in [0.717, 1.165) is 0 Å². The molecule has 46 valence electrons. The van der Waals surface area contributed by atoms with Crippen LogP contribution in [-0.4, -0.2) is 15.9 Å². The molecule has 0 atom stereocenters. The predicted molar refractivity (Wildman–Crippen MR) is 37.9 cm³/mol. The molecule has 0 aromatic rings. The first kappa shape index (κ1) is 10.5. The molecule has 0 aromatic carbocycles. The van der Waals surface area contributed by atoms with Crippen LogP contribution in [0.25, 0.3) is 0 Å². The highest BCUT2D eigenvalue weighted by molar-refractivity contribution is 14.1. The minimum atomic E-state index is -1.22.